The Balaban J connectivity index is 1.39. The number of hydrogen-bond acceptors (Lipinski definition) is 3. The van der Waals surface area contributed by atoms with Gasteiger partial charge in [-0.15, -0.1) is 0 Å². The van der Waals surface area contributed by atoms with Gasteiger partial charge in [0.25, 0.3) is 0 Å². The topological polar surface area (TPSA) is 52.6 Å². The van der Waals surface area contributed by atoms with Crippen molar-refractivity contribution in [1.29, 1.82) is 0 Å². The van der Waals surface area contributed by atoms with Crippen LogP contribution in [0.5, 0.6) is 5.75 Å². The van der Waals surface area contributed by atoms with Crippen LogP contribution in [-0.4, -0.2) is 28.5 Å². The summed E-state index contributed by atoms with van der Waals surface area (Å²) in [5, 5.41) is 14.8. The molecule has 0 unspecified atom stereocenters. The van der Waals surface area contributed by atoms with Crippen LogP contribution in [0, 0.1) is 0 Å². The summed E-state index contributed by atoms with van der Waals surface area (Å²) in [6.45, 7) is 1.62. The molecule has 0 aromatic heterocycles. The maximum absolute atomic E-state index is 12.3. The third-order valence-electron chi connectivity index (χ3n) is 5.09. The first-order valence-corrected chi connectivity index (χ1v) is 9.48. The van der Waals surface area contributed by atoms with Crippen LogP contribution in [0.2, 0.25) is 0 Å². The van der Waals surface area contributed by atoms with E-state index in [2.05, 4.69) is 52.7 Å². The molecular formula is C23H24N2O2. The maximum atomic E-state index is 12.3. The van der Waals surface area contributed by atoms with E-state index < -0.39 is 0 Å². The molecule has 0 heterocycles. The molecule has 0 radical (unpaired) electrons. The number of carbonyl (C=O) groups excluding carboxylic acids is 1. The van der Waals surface area contributed by atoms with E-state index in [1.807, 2.05) is 0 Å². The molecule has 0 saturated heterocycles. The Hall–Kier alpha value is -2.85. The number of anilines is 1. The van der Waals surface area contributed by atoms with Crippen molar-refractivity contribution in [2.75, 3.05) is 11.9 Å². The summed E-state index contributed by atoms with van der Waals surface area (Å²) in [5.74, 6) is 0.201. The average Bonchev–Trinajstić information content (AvgIpc) is 3.52. The molecule has 0 aliphatic heterocycles. The first kappa shape index (κ1) is 17.6. The van der Waals surface area contributed by atoms with Gasteiger partial charge in [0, 0.05) is 31.2 Å². The average molecular weight is 360 g/mol. The lowest BCUT2D eigenvalue weighted by Gasteiger charge is -2.22. The van der Waals surface area contributed by atoms with Crippen LogP contribution in [0.25, 0.3) is 10.8 Å². The molecule has 0 spiro atoms. The maximum Gasteiger partial charge on any atom is 0.225 e. The molecule has 1 amide bonds. The van der Waals surface area contributed by atoms with E-state index >= 15 is 0 Å². The minimum Gasteiger partial charge on any atom is -0.508 e. The molecule has 1 aliphatic rings. The minimum atomic E-state index is 0.00394. The second-order valence-corrected chi connectivity index (χ2v) is 7.18. The van der Waals surface area contributed by atoms with Crippen molar-refractivity contribution >= 4 is 22.4 Å². The molecule has 1 saturated carbocycles. The highest BCUT2D eigenvalue weighted by molar-refractivity contribution is 5.90. The summed E-state index contributed by atoms with van der Waals surface area (Å²) in [5.41, 5.74) is 2.03. The SMILES string of the molecule is O=C(CCN(Cc1cccc2ccccc12)C1CC1)Nc1ccc(O)cc1. The summed E-state index contributed by atoms with van der Waals surface area (Å²) >= 11 is 0. The number of benzene rings is 3. The number of amides is 1. The fourth-order valence-corrected chi connectivity index (χ4v) is 3.49. The van der Waals surface area contributed by atoms with Crippen molar-refractivity contribution in [3.05, 3.63) is 72.3 Å². The molecule has 1 fully saturated rings. The number of aromatic hydroxyl groups is 1. The lowest BCUT2D eigenvalue weighted by molar-refractivity contribution is -0.116. The van der Waals surface area contributed by atoms with E-state index in [0.717, 1.165) is 13.1 Å². The van der Waals surface area contributed by atoms with Gasteiger partial charge in [0.15, 0.2) is 0 Å². The quantitative estimate of drug-likeness (QED) is 0.608. The van der Waals surface area contributed by atoms with Crippen molar-refractivity contribution in [2.45, 2.75) is 31.8 Å². The lowest BCUT2D eigenvalue weighted by Crippen LogP contribution is -2.29. The zero-order valence-electron chi connectivity index (χ0n) is 15.3. The van der Waals surface area contributed by atoms with Gasteiger partial charge in [-0.05, 0) is 53.4 Å². The van der Waals surface area contributed by atoms with Gasteiger partial charge < -0.3 is 10.4 Å². The molecule has 4 heteroatoms. The van der Waals surface area contributed by atoms with E-state index in [1.54, 1.807) is 24.3 Å². The summed E-state index contributed by atoms with van der Waals surface area (Å²) in [6, 6.07) is 22.1. The molecule has 0 atom stereocenters. The first-order chi connectivity index (χ1) is 13.2. The molecule has 3 aromatic rings. The third kappa shape index (κ3) is 4.47. The number of fused-ring (bicyclic) bond motifs is 1. The fourth-order valence-electron chi connectivity index (χ4n) is 3.49. The molecular weight excluding hydrogens is 336 g/mol. The second-order valence-electron chi connectivity index (χ2n) is 7.18. The molecule has 138 valence electrons. The largest absolute Gasteiger partial charge is 0.508 e. The van der Waals surface area contributed by atoms with Crippen molar-refractivity contribution in [1.82, 2.24) is 4.90 Å². The van der Waals surface area contributed by atoms with Crippen LogP contribution in [0.1, 0.15) is 24.8 Å². The van der Waals surface area contributed by atoms with Crippen LogP contribution in [-0.2, 0) is 11.3 Å². The molecule has 4 rings (SSSR count). The normalized spacial score (nSPS) is 13.8. The molecule has 0 bridgehead atoms. The summed E-state index contributed by atoms with van der Waals surface area (Å²) in [7, 11) is 0. The van der Waals surface area contributed by atoms with E-state index in [0.29, 0.717) is 18.2 Å². The fraction of sp³-hybridized carbons (Fsp3) is 0.261. The summed E-state index contributed by atoms with van der Waals surface area (Å²) in [4.78, 5) is 14.7. The van der Waals surface area contributed by atoms with Gasteiger partial charge in [-0.1, -0.05) is 42.5 Å². The summed E-state index contributed by atoms with van der Waals surface area (Å²) in [6.07, 6.45) is 2.89. The zero-order chi connectivity index (χ0) is 18.6. The van der Waals surface area contributed by atoms with Crippen molar-refractivity contribution in [2.24, 2.45) is 0 Å². The third-order valence-corrected chi connectivity index (χ3v) is 5.09. The number of rotatable bonds is 7. The van der Waals surface area contributed by atoms with Gasteiger partial charge in [0.1, 0.15) is 5.75 Å². The molecule has 4 nitrogen and oxygen atoms in total. The number of hydrogen-bond donors (Lipinski definition) is 2. The zero-order valence-corrected chi connectivity index (χ0v) is 15.3. The molecule has 3 aromatic carbocycles. The van der Waals surface area contributed by atoms with Crippen molar-refractivity contribution in [3.8, 4) is 5.75 Å². The number of nitrogens with zero attached hydrogens (tertiary/aromatic N) is 1. The molecule has 27 heavy (non-hydrogen) atoms. The van der Waals surface area contributed by atoms with E-state index in [4.69, 9.17) is 0 Å². The van der Waals surface area contributed by atoms with Gasteiger partial charge in [-0.25, -0.2) is 0 Å². The Kier molecular flexibility index (Phi) is 5.07. The van der Waals surface area contributed by atoms with Crippen LogP contribution >= 0.6 is 0 Å². The van der Waals surface area contributed by atoms with Gasteiger partial charge in [0.05, 0.1) is 0 Å². The van der Waals surface area contributed by atoms with Crippen LogP contribution in [0.3, 0.4) is 0 Å². The van der Waals surface area contributed by atoms with E-state index in [9.17, 15) is 9.90 Å². The van der Waals surface area contributed by atoms with Gasteiger partial charge >= 0.3 is 0 Å². The van der Waals surface area contributed by atoms with Gasteiger partial charge in [-0.2, -0.15) is 0 Å². The van der Waals surface area contributed by atoms with Gasteiger partial charge in [0.2, 0.25) is 5.91 Å². The van der Waals surface area contributed by atoms with Crippen molar-refractivity contribution < 1.29 is 9.90 Å². The standard InChI is InChI=1S/C23H24N2O2/c26-21-12-8-19(9-13-21)24-23(27)14-15-25(20-10-11-20)16-18-6-3-5-17-4-1-2-7-22(17)18/h1-9,12-13,20,26H,10-11,14-16H2,(H,24,27). The predicted molar refractivity (Wildman–Crippen MR) is 109 cm³/mol. The Morgan fingerprint density at radius 1 is 1.00 bits per heavy atom. The van der Waals surface area contributed by atoms with Crippen LogP contribution in [0.4, 0.5) is 5.69 Å². The molecule has 1 aliphatic carbocycles. The number of nitrogens with one attached hydrogen (secondary N) is 1. The minimum absolute atomic E-state index is 0.00394. The number of carbonyl (C=O) groups is 1. The highest BCUT2D eigenvalue weighted by atomic mass is 16.3. The Labute approximate surface area is 159 Å². The second kappa shape index (κ2) is 7.80. The Bertz CT molecular complexity index is 927. The van der Waals surface area contributed by atoms with E-state index in [-0.39, 0.29) is 11.7 Å². The highest BCUT2D eigenvalue weighted by Crippen LogP contribution is 2.30. The Morgan fingerprint density at radius 2 is 1.74 bits per heavy atom. The summed E-state index contributed by atoms with van der Waals surface area (Å²) < 4.78 is 0. The molecule has 2 N–H and O–H groups in total. The smallest absolute Gasteiger partial charge is 0.225 e. The Morgan fingerprint density at radius 3 is 2.52 bits per heavy atom. The van der Waals surface area contributed by atoms with Crippen molar-refractivity contribution in [3.63, 3.8) is 0 Å². The monoisotopic (exact) mass is 360 g/mol. The lowest BCUT2D eigenvalue weighted by atomic mass is 10.0. The predicted octanol–water partition coefficient (Wildman–Crippen LogP) is 4.54. The van der Waals surface area contributed by atoms with Crippen LogP contribution in [0.15, 0.2) is 66.7 Å². The number of phenolic OH excluding ortho intramolecular Hbond substituents is 1. The number of phenols is 1. The van der Waals surface area contributed by atoms with E-state index in [1.165, 1.54) is 29.2 Å². The van der Waals surface area contributed by atoms with Gasteiger partial charge in [-0.3, -0.25) is 9.69 Å². The highest BCUT2D eigenvalue weighted by Gasteiger charge is 2.29. The first-order valence-electron chi connectivity index (χ1n) is 9.48. The van der Waals surface area contributed by atoms with Crippen LogP contribution < -0.4 is 5.32 Å².